The first kappa shape index (κ1) is 17.5. The molecule has 0 spiro atoms. The normalized spacial score (nSPS) is 21.1. The van der Waals surface area contributed by atoms with Crippen LogP contribution < -0.4 is 5.56 Å². The minimum atomic E-state index is -0.236. The van der Waals surface area contributed by atoms with E-state index in [4.69, 9.17) is 4.74 Å². The molecule has 2 heterocycles. The van der Waals surface area contributed by atoms with Crippen molar-refractivity contribution in [1.29, 1.82) is 0 Å². The van der Waals surface area contributed by atoms with Crippen molar-refractivity contribution in [2.45, 2.75) is 57.7 Å². The Hall–Kier alpha value is -1.34. The summed E-state index contributed by atoms with van der Waals surface area (Å²) in [6.45, 7) is 6.11. The van der Waals surface area contributed by atoms with Gasteiger partial charge >= 0.3 is 5.97 Å². The first-order valence-corrected chi connectivity index (χ1v) is 10.1. The van der Waals surface area contributed by atoms with Gasteiger partial charge in [0.05, 0.1) is 11.1 Å². The van der Waals surface area contributed by atoms with Crippen molar-refractivity contribution >= 4 is 39.3 Å². The molecule has 0 radical (unpaired) electrons. The lowest BCUT2D eigenvalue weighted by atomic mass is 9.89. The van der Waals surface area contributed by atoms with Crippen LogP contribution in [0.3, 0.4) is 0 Å². The van der Waals surface area contributed by atoms with E-state index >= 15 is 0 Å². The molecule has 1 aliphatic carbocycles. The summed E-state index contributed by atoms with van der Waals surface area (Å²) in [4.78, 5) is 33.3. The molecule has 1 aliphatic rings. The Morgan fingerprint density at radius 2 is 2.21 bits per heavy atom. The van der Waals surface area contributed by atoms with Crippen molar-refractivity contribution in [1.82, 2.24) is 9.97 Å². The fourth-order valence-corrected chi connectivity index (χ4v) is 4.87. The monoisotopic (exact) mass is 366 g/mol. The number of fused-ring (bicyclic) bond motifs is 1. The van der Waals surface area contributed by atoms with Crippen LogP contribution in [0.2, 0.25) is 0 Å². The van der Waals surface area contributed by atoms with Gasteiger partial charge in [-0.25, -0.2) is 4.98 Å². The standard InChI is InChI=1S/C17H22N2O3S2/c1-9-5-4-6-12(7-9)22-13(20)8-23-17-18-15(21)14-10(2)11(3)24-16(14)19-17/h9,12H,4-8H2,1-3H3,(H,18,19,21)/t9-,12+/m1/s1. The number of thioether (sulfide) groups is 1. The van der Waals surface area contributed by atoms with Crippen molar-refractivity contribution in [3.05, 3.63) is 20.8 Å². The molecule has 1 N–H and O–H groups in total. The van der Waals surface area contributed by atoms with E-state index in [0.29, 0.717) is 16.5 Å². The van der Waals surface area contributed by atoms with Gasteiger partial charge in [-0.3, -0.25) is 9.59 Å². The fourth-order valence-electron chi connectivity index (χ4n) is 3.14. The Kier molecular flexibility index (Phi) is 5.30. The summed E-state index contributed by atoms with van der Waals surface area (Å²) >= 11 is 2.74. The molecule has 0 aliphatic heterocycles. The maximum Gasteiger partial charge on any atom is 0.316 e. The van der Waals surface area contributed by atoms with Crippen LogP contribution in [-0.4, -0.2) is 27.8 Å². The van der Waals surface area contributed by atoms with Crippen LogP contribution in [-0.2, 0) is 9.53 Å². The molecule has 0 saturated heterocycles. The SMILES string of the molecule is Cc1sc2nc(SCC(=O)O[C@H]3CCC[C@@H](C)C3)[nH]c(=O)c2c1C. The number of aromatic nitrogens is 2. The molecule has 2 aromatic heterocycles. The highest BCUT2D eigenvalue weighted by Gasteiger charge is 2.22. The number of hydrogen-bond donors (Lipinski definition) is 1. The molecule has 2 aromatic rings. The molecule has 5 nitrogen and oxygen atoms in total. The molecule has 0 unspecified atom stereocenters. The molecule has 130 valence electrons. The molecular formula is C17H22N2O3S2. The van der Waals surface area contributed by atoms with Crippen LogP contribution in [0.1, 0.15) is 43.0 Å². The molecule has 24 heavy (non-hydrogen) atoms. The van der Waals surface area contributed by atoms with Gasteiger partial charge in [0.15, 0.2) is 5.16 Å². The van der Waals surface area contributed by atoms with Gasteiger partial charge < -0.3 is 9.72 Å². The third kappa shape index (κ3) is 3.83. The lowest BCUT2D eigenvalue weighted by molar-refractivity contribution is -0.147. The number of carbonyl (C=O) groups excluding carboxylic acids is 1. The molecule has 7 heteroatoms. The molecule has 2 atom stereocenters. The third-order valence-electron chi connectivity index (χ3n) is 4.53. The lowest BCUT2D eigenvalue weighted by Crippen LogP contribution is -2.25. The average Bonchev–Trinajstić information content (AvgIpc) is 2.80. The first-order valence-electron chi connectivity index (χ1n) is 8.26. The summed E-state index contributed by atoms with van der Waals surface area (Å²) < 4.78 is 5.55. The van der Waals surface area contributed by atoms with Crippen molar-refractivity contribution in [3.8, 4) is 0 Å². The molecule has 0 amide bonds. The van der Waals surface area contributed by atoms with Crippen LogP contribution in [0.15, 0.2) is 9.95 Å². The summed E-state index contributed by atoms with van der Waals surface area (Å²) in [7, 11) is 0. The second kappa shape index (κ2) is 7.27. The van der Waals surface area contributed by atoms with Gasteiger partial charge in [0.25, 0.3) is 5.56 Å². The number of nitrogens with one attached hydrogen (secondary N) is 1. The summed E-state index contributed by atoms with van der Waals surface area (Å²) in [6, 6.07) is 0. The highest BCUT2D eigenvalue weighted by atomic mass is 32.2. The van der Waals surface area contributed by atoms with Gasteiger partial charge in [0, 0.05) is 4.88 Å². The number of ether oxygens (including phenoxy) is 1. The van der Waals surface area contributed by atoms with Gasteiger partial charge in [-0.2, -0.15) is 0 Å². The van der Waals surface area contributed by atoms with E-state index in [9.17, 15) is 9.59 Å². The Morgan fingerprint density at radius 1 is 1.42 bits per heavy atom. The number of esters is 1. The molecule has 1 fully saturated rings. The van der Waals surface area contributed by atoms with Gasteiger partial charge in [-0.1, -0.05) is 25.1 Å². The minimum absolute atomic E-state index is 0.0407. The number of aromatic amines is 1. The molecule has 1 saturated carbocycles. The Bertz CT molecular complexity index is 812. The zero-order valence-electron chi connectivity index (χ0n) is 14.2. The Labute approximate surface area is 149 Å². The summed E-state index contributed by atoms with van der Waals surface area (Å²) in [5, 5.41) is 1.13. The second-order valence-electron chi connectivity index (χ2n) is 6.51. The lowest BCUT2D eigenvalue weighted by Gasteiger charge is -2.26. The highest BCUT2D eigenvalue weighted by molar-refractivity contribution is 7.99. The van der Waals surface area contributed by atoms with E-state index in [2.05, 4.69) is 16.9 Å². The van der Waals surface area contributed by atoms with E-state index in [1.54, 1.807) is 0 Å². The molecule has 0 aromatic carbocycles. The molecular weight excluding hydrogens is 344 g/mol. The van der Waals surface area contributed by atoms with E-state index < -0.39 is 0 Å². The van der Waals surface area contributed by atoms with Crippen molar-refractivity contribution in [2.75, 3.05) is 5.75 Å². The maximum absolute atomic E-state index is 12.2. The van der Waals surface area contributed by atoms with E-state index in [1.165, 1.54) is 29.5 Å². The van der Waals surface area contributed by atoms with Crippen LogP contribution in [0.25, 0.3) is 10.2 Å². The number of H-pyrrole nitrogens is 1. The van der Waals surface area contributed by atoms with Crippen LogP contribution in [0.5, 0.6) is 0 Å². The fraction of sp³-hybridized carbons (Fsp3) is 0.588. The number of carbonyl (C=O) groups is 1. The topological polar surface area (TPSA) is 72.0 Å². The van der Waals surface area contributed by atoms with Gasteiger partial charge in [-0.15, -0.1) is 11.3 Å². The average molecular weight is 367 g/mol. The summed E-state index contributed by atoms with van der Waals surface area (Å²) in [5.74, 6) is 0.554. The zero-order chi connectivity index (χ0) is 17.3. The maximum atomic E-state index is 12.2. The predicted octanol–water partition coefficient (Wildman–Crippen LogP) is 3.82. The quantitative estimate of drug-likeness (QED) is 0.506. The van der Waals surface area contributed by atoms with Gasteiger partial charge in [0.1, 0.15) is 10.9 Å². The van der Waals surface area contributed by atoms with E-state index in [1.807, 2.05) is 13.8 Å². The van der Waals surface area contributed by atoms with E-state index in [-0.39, 0.29) is 23.4 Å². The number of hydrogen-bond acceptors (Lipinski definition) is 6. The number of nitrogens with zero attached hydrogens (tertiary/aromatic N) is 1. The Balaban J connectivity index is 1.63. The highest BCUT2D eigenvalue weighted by Crippen LogP contribution is 2.28. The minimum Gasteiger partial charge on any atom is -0.462 e. The number of aryl methyl sites for hydroxylation is 2. The number of thiophene rings is 1. The molecule has 3 rings (SSSR count). The Morgan fingerprint density at radius 3 is 2.96 bits per heavy atom. The largest absolute Gasteiger partial charge is 0.462 e. The van der Waals surface area contributed by atoms with Gasteiger partial charge in [0.2, 0.25) is 0 Å². The third-order valence-corrected chi connectivity index (χ3v) is 6.48. The van der Waals surface area contributed by atoms with E-state index in [0.717, 1.165) is 34.5 Å². The number of rotatable bonds is 4. The zero-order valence-corrected chi connectivity index (χ0v) is 15.8. The van der Waals surface area contributed by atoms with Crippen molar-refractivity contribution in [3.63, 3.8) is 0 Å². The van der Waals surface area contributed by atoms with Crippen molar-refractivity contribution < 1.29 is 9.53 Å². The second-order valence-corrected chi connectivity index (χ2v) is 8.67. The van der Waals surface area contributed by atoms with Crippen LogP contribution >= 0.6 is 23.1 Å². The first-order chi connectivity index (χ1) is 11.4. The molecule has 0 bridgehead atoms. The smallest absolute Gasteiger partial charge is 0.316 e. The summed E-state index contributed by atoms with van der Waals surface area (Å²) in [5.41, 5.74) is 0.838. The van der Waals surface area contributed by atoms with Crippen molar-refractivity contribution in [2.24, 2.45) is 5.92 Å². The predicted molar refractivity (Wildman–Crippen MR) is 98.0 cm³/mol. The summed E-state index contributed by atoms with van der Waals surface area (Å²) in [6.07, 6.45) is 4.28. The van der Waals surface area contributed by atoms with Crippen LogP contribution in [0.4, 0.5) is 0 Å². The van der Waals surface area contributed by atoms with Crippen LogP contribution in [0, 0.1) is 19.8 Å². The van der Waals surface area contributed by atoms with Gasteiger partial charge in [-0.05, 0) is 44.6 Å².